The molecule has 0 amide bonds. The van der Waals surface area contributed by atoms with Crippen LogP contribution in [0.5, 0.6) is 0 Å². The minimum absolute atomic E-state index is 0.0976. The standard InChI is InChI=1S/C21H35N3O/c1-22-13-11-19(12-14-22)24(3)20-9-5-4-7-17(20)15-23(2)16-18-8-6-10-21(18)25/h4-5,7,9,18-19,21,25H,6,8,10-16H2,1-3H3. The fourth-order valence-corrected chi connectivity index (χ4v) is 4.55. The summed E-state index contributed by atoms with van der Waals surface area (Å²) in [4.78, 5) is 7.32. The maximum atomic E-state index is 10.1. The zero-order valence-corrected chi connectivity index (χ0v) is 16.2. The third kappa shape index (κ3) is 4.75. The van der Waals surface area contributed by atoms with Crippen LogP contribution in [-0.4, -0.2) is 67.8 Å². The van der Waals surface area contributed by atoms with Crippen LogP contribution < -0.4 is 4.90 Å². The van der Waals surface area contributed by atoms with E-state index in [4.69, 9.17) is 0 Å². The summed E-state index contributed by atoms with van der Waals surface area (Å²) in [6, 6.07) is 9.48. The van der Waals surface area contributed by atoms with Crippen molar-refractivity contribution in [3.8, 4) is 0 Å². The molecule has 2 unspecified atom stereocenters. The lowest BCUT2D eigenvalue weighted by molar-refractivity contribution is 0.108. The maximum absolute atomic E-state index is 10.1. The first-order valence-electron chi connectivity index (χ1n) is 9.90. The van der Waals surface area contributed by atoms with Gasteiger partial charge in [0.2, 0.25) is 0 Å². The molecule has 140 valence electrons. The Morgan fingerprint density at radius 3 is 2.48 bits per heavy atom. The first kappa shape index (κ1) is 18.7. The summed E-state index contributed by atoms with van der Waals surface area (Å²) in [7, 11) is 6.67. The predicted molar refractivity (Wildman–Crippen MR) is 105 cm³/mol. The number of likely N-dealkylation sites (tertiary alicyclic amines) is 1. The molecule has 4 nitrogen and oxygen atoms in total. The molecule has 0 bridgehead atoms. The van der Waals surface area contributed by atoms with Gasteiger partial charge in [-0.05, 0) is 70.4 Å². The molecule has 2 aliphatic rings. The van der Waals surface area contributed by atoms with Crippen molar-refractivity contribution in [1.82, 2.24) is 9.80 Å². The highest BCUT2D eigenvalue weighted by Gasteiger charge is 2.27. The highest BCUT2D eigenvalue weighted by molar-refractivity contribution is 5.54. The molecular formula is C21H35N3O. The van der Waals surface area contributed by atoms with E-state index >= 15 is 0 Å². The maximum Gasteiger partial charge on any atom is 0.0580 e. The second-order valence-electron chi connectivity index (χ2n) is 8.23. The van der Waals surface area contributed by atoms with Crippen molar-refractivity contribution in [3.63, 3.8) is 0 Å². The Labute approximate surface area is 153 Å². The second kappa shape index (κ2) is 8.52. The van der Waals surface area contributed by atoms with E-state index in [0.717, 1.165) is 19.5 Å². The number of hydrogen-bond donors (Lipinski definition) is 1. The fraction of sp³-hybridized carbons (Fsp3) is 0.714. The summed E-state index contributed by atoms with van der Waals surface area (Å²) in [6.07, 6.45) is 5.71. The zero-order chi connectivity index (χ0) is 17.8. The molecule has 25 heavy (non-hydrogen) atoms. The molecule has 1 saturated carbocycles. The Morgan fingerprint density at radius 1 is 1.08 bits per heavy atom. The van der Waals surface area contributed by atoms with Crippen LogP contribution in [0.15, 0.2) is 24.3 Å². The minimum atomic E-state index is -0.0976. The first-order valence-corrected chi connectivity index (χ1v) is 9.90. The topological polar surface area (TPSA) is 30.0 Å². The molecule has 1 aliphatic carbocycles. The summed E-state index contributed by atoms with van der Waals surface area (Å²) < 4.78 is 0. The Kier molecular flexibility index (Phi) is 6.37. The zero-order valence-electron chi connectivity index (χ0n) is 16.2. The number of para-hydroxylation sites is 1. The highest BCUT2D eigenvalue weighted by Crippen LogP contribution is 2.29. The Bertz CT molecular complexity index is 542. The van der Waals surface area contributed by atoms with Gasteiger partial charge in [0.15, 0.2) is 0 Å². The van der Waals surface area contributed by atoms with E-state index in [2.05, 4.69) is 60.1 Å². The van der Waals surface area contributed by atoms with E-state index in [-0.39, 0.29) is 6.10 Å². The van der Waals surface area contributed by atoms with Gasteiger partial charge >= 0.3 is 0 Å². The van der Waals surface area contributed by atoms with E-state index in [1.54, 1.807) is 0 Å². The van der Waals surface area contributed by atoms with Crippen molar-refractivity contribution in [1.29, 1.82) is 0 Å². The van der Waals surface area contributed by atoms with Crippen LogP contribution >= 0.6 is 0 Å². The van der Waals surface area contributed by atoms with Crippen LogP contribution in [0.1, 0.15) is 37.7 Å². The van der Waals surface area contributed by atoms with Crippen molar-refractivity contribution in [2.45, 2.75) is 50.8 Å². The van der Waals surface area contributed by atoms with Gasteiger partial charge in [-0.1, -0.05) is 24.6 Å². The number of nitrogens with zero attached hydrogens (tertiary/aromatic N) is 3. The van der Waals surface area contributed by atoms with E-state index in [0.29, 0.717) is 12.0 Å². The molecule has 0 radical (unpaired) electrons. The highest BCUT2D eigenvalue weighted by atomic mass is 16.3. The average Bonchev–Trinajstić information content (AvgIpc) is 3.00. The largest absolute Gasteiger partial charge is 0.393 e. The van der Waals surface area contributed by atoms with Crippen molar-refractivity contribution in [2.24, 2.45) is 5.92 Å². The minimum Gasteiger partial charge on any atom is -0.393 e. The number of anilines is 1. The summed E-state index contributed by atoms with van der Waals surface area (Å²) in [5, 5.41) is 10.1. The van der Waals surface area contributed by atoms with Gasteiger partial charge in [-0.2, -0.15) is 0 Å². The lowest BCUT2D eigenvalue weighted by Crippen LogP contribution is -2.42. The summed E-state index contributed by atoms with van der Waals surface area (Å²) in [5.41, 5.74) is 2.77. The van der Waals surface area contributed by atoms with Gasteiger partial charge in [-0.15, -0.1) is 0 Å². The molecule has 1 aromatic carbocycles. The van der Waals surface area contributed by atoms with Crippen LogP contribution in [0.4, 0.5) is 5.69 Å². The first-order chi connectivity index (χ1) is 12.0. The molecule has 0 spiro atoms. The smallest absolute Gasteiger partial charge is 0.0580 e. The van der Waals surface area contributed by atoms with Crippen molar-refractivity contribution in [2.75, 3.05) is 45.7 Å². The molecule has 4 heteroatoms. The number of aliphatic hydroxyl groups is 1. The van der Waals surface area contributed by atoms with Gasteiger partial charge in [-0.3, -0.25) is 0 Å². The van der Waals surface area contributed by atoms with E-state index in [9.17, 15) is 5.11 Å². The summed E-state index contributed by atoms with van der Waals surface area (Å²) in [6.45, 7) is 4.33. The molecule has 3 rings (SSSR count). The number of benzene rings is 1. The van der Waals surface area contributed by atoms with Crippen molar-refractivity contribution in [3.05, 3.63) is 29.8 Å². The molecule has 1 aliphatic heterocycles. The van der Waals surface area contributed by atoms with E-state index < -0.39 is 0 Å². The lowest BCUT2D eigenvalue weighted by atomic mass is 10.0. The van der Waals surface area contributed by atoms with Gasteiger partial charge in [0.25, 0.3) is 0 Å². The number of piperidine rings is 1. The van der Waals surface area contributed by atoms with Crippen LogP contribution in [0.2, 0.25) is 0 Å². The number of rotatable bonds is 6. The summed E-state index contributed by atoms with van der Waals surface area (Å²) >= 11 is 0. The fourth-order valence-electron chi connectivity index (χ4n) is 4.55. The van der Waals surface area contributed by atoms with Gasteiger partial charge in [-0.25, -0.2) is 0 Å². The molecule has 1 N–H and O–H groups in total. The van der Waals surface area contributed by atoms with Gasteiger partial charge < -0.3 is 19.8 Å². The van der Waals surface area contributed by atoms with E-state index in [1.165, 1.54) is 50.0 Å². The lowest BCUT2D eigenvalue weighted by Gasteiger charge is -2.37. The Hall–Kier alpha value is -1.10. The predicted octanol–water partition coefficient (Wildman–Crippen LogP) is 2.81. The van der Waals surface area contributed by atoms with Gasteiger partial charge in [0.05, 0.1) is 6.10 Å². The third-order valence-corrected chi connectivity index (χ3v) is 6.21. The number of aliphatic hydroxyl groups excluding tert-OH is 1. The molecule has 1 heterocycles. The SMILES string of the molecule is CN1CCC(N(C)c2ccccc2CN(C)CC2CCCC2O)CC1. The van der Waals surface area contributed by atoms with Gasteiger partial charge in [0, 0.05) is 31.9 Å². The molecule has 2 atom stereocenters. The quantitative estimate of drug-likeness (QED) is 0.859. The van der Waals surface area contributed by atoms with Crippen LogP contribution in [0.3, 0.4) is 0 Å². The third-order valence-electron chi connectivity index (χ3n) is 6.21. The molecule has 1 aromatic rings. The number of hydrogen-bond acceptors (Lipinski definition) is 4. The van der Waals surface area contributed by atoms with Gasteiger partial charge in [0.1, 0.15) is 0 Å². The molecule has 1 saturated heterocycles. The second-order valence-corrected chi connectivity index (χ2v) is 8.23. The normalized spacial score (nSPS) is 25.6. The van der Waals surface area contributed by atoms with Crippen molar-refractivity contribution >= 4 is 5.69 Å². The average molecular weight is 346 g/mol. The van der Waals surface area contributed by atoms with Crippen LogP contribution in [-0.2, 0) is 6.54 Å². The van der Waals surface area contributed by atoms with Crippen molar-refractivity contribution < 1.29 is 5.11 Å². The molecule has 2 fully saturated rings. The Morgan fingerprint density at radius 2 is 1.80 bits per heavy atom. The van der Waals surface area contributed by atoms with Crippen LogP contribution in [0, 0.1) is 5.92 Å². The van der Waals surface area contributed by atoms with E-state index in [1.807, 2.05) is 0 Å². The van der Waals surface area contributed by atoms with Crippen LogP contribution in [0.25, 0.3) is 0 Å². The molecular weight excluding hydrogens is 310 g/mol. The molecule has 0 aromatic heterocycles. The Balaban J connectivity index is 1.63. The monoisotopic (exact) mass is 345 g/mol. The summed E-state index contributed by atoms with van der Waals surface area (Å²) in [5.74, 6) is 0.448.